The minimum absolute atomic E-state index is 0.0599. The Hall–Kier alpha value is -3.13. The SMILES string of the molecule is Cc1[nH]c2ncnc(Nc3ccc(C(N)=O)cc3OC3CCOC3)c2c1C. The molecule has 0 spiro atoms. The van der Waals surface area contributed by atoms with Gasteiger partial charge in [0.05, 0.1) is 24.3 Å². The van der Waals surface area contributed by atoms with Crippen molar-refractivity contribution in [1.29, 1.82) is 0 Å². The second-order valence-corrected chi connectivity index (χ2v) is 6.62. The number of anilines is 2. The molecule has 3 heterocycles. The molecule has 1 fully saturated rings. The molecule has 1 aromatic carbocycles. The molecule has 1 unspecified atom stereocenters. The van der Waals surface area contributed by atoms with Crippen molar-refractivity contribution in [3.8, 4) is 5.75 Å². The number of carbonyl (C=O) groups is 1. The van der Waals surface area contributed by atoms with Crippen LogP contribution >= 0.6 is 0 Å². The van der Waals surface area contributed by atoms with E-state index in [1.807, 2.05) is 13.8 Å². The van der Waals surface area contributed by atoms with Crippen LogP contribution in [0.2, 0.25) is 0 Å². The number of aryl methyl sites for hydroxylation is 2. The molecule has 8 nitrogen and oxygen atoms in total. The number of aromatic amines is 1. The van der Waals surface area contributed by atoms with Crippen LogP contribution in [0.25, 0.3) is 11.0 Å². The second kappa shape index (κ2) is 6.88. The summed E-state index contributed by atoms with van der Waals surface area (Å²) in [4.78, 5) is 23.5. The van der Waals surface area contributed by atoms with Crippen LogP contribution in [0.4, 0.5) is 11.5 Å². The molecule has 4 N–H and O–H groups in total. The lowest BCUT2D eigenvalue weighted by molar-refractivity contribution is 0.0999. The number of hydrogen-bond acceptors (Lipinski definition) is 6. The Balaban J connectivity index is 1.74. The van der Waals surface area contributed by atoms with Crippen molar-refractivity contribution in [2.24, 2.45) is 5.73 Å². The van der Waals surface area contributed by atoms with Crippen LogP contribution < -0.4 is 15.8 Å². The molecular weight excluding hydrogens is 346 g/mol. The number of hydrogen-bond donors (Lipinski definition) is 3. The van der Waals surface area contributed by atoms with Gasteiger partial charge in [0, 0.05) is 17.7 Å². The molecule has 27 heavy (non-hydrogen) atoms. The Morgan fingerprint density at radius 2 is 2.22 bits per heavy atom. The van der Waals surface area contributed by atoms with Crippen molar-refractivity contribution < 1.29 is 14.3 Å². The standard InChI is InChI=1S/C19H21N5O3/c1-10-11(2)23-18-16(10)19(22-9-21-18)24-14-4-3-12(17(20)25)7-15(14)27-13-5-6-26-8-13/h3-4,7,9,13H,5-6,8H2,1-2H3,(H2,20,25)(H2,21,22,23,24). The first-order valence-electron chi connectivity index (χ1n) is 8.78. The molecule has 8 heteroatoms. The number of ether oxygens (including phenoxy) is 2. The Morgan fingerprint density at radius 1 is 1.37 bits per heavy atom. The van der Waals surface area contributed by atoms with Gasteiger partial charge in [0.25, 0.3) is 0 Å². The van der Waals surface area contributed by atoms with Crippen molar-refractivity contribution in [3.05, 3.63) is 41.3 Å². The maximum atomic E-state index is 11.6. The third kappa shape index (κ3) is 3.31. The maximum Gasteiger partial charge on any atom is 0.248 e. The number of nitrogens with zero attached hydrogens (tertiary/aromatic N) is 2. The molecule has 1 amide bonds. The summed E-state index contributed by atoms with van der Waals surface area (Å²) < 4.78 is 11.5. The number of aromatic nitrogens is 3. The second-order valence-electron chi connectivity index (χ2n) is 6.62. The van der Waals surface area contributed by atoms with Crippen LogP contribution in [0.15, 0.2) is 24.5 Å². The largest absolute Gasteiger partial charge is 0.486 e. The van der Waals surface area contributed by atoms with Crippen molar-refractivity contribution in [2.45, 2.75) is 26.4 Å². The van der Waals surface area contributed by atoms with E-state index in [2.05, 4.69) is 20.3 Å². The highest BCUT2D eigenvalue weighted by Crippen LogP contribution is 2.33. The summed E-state index contributed by atoms with van der Waals surface area (Å²) in [6, 6.07) is 5.08. The number of benzene rings is 1. The lowest BCUT2D eigenvalue weighted by Gasteiger charge is -2.17. The molecule has 0 saturated carbocycles. The highest BCUT2D eigenvalue weighted by molar-refractivity contribution is 5.95. The molecule has 0 bridgehead atoms. The van der Waals surface area contributed by atoms with Crippen molar-refractivity contribution >= 4 is 28.4 Å². The average molecular weight is 367 g/mol. The van der Waals surface area contributed by atoms with Gasteiger partial charge >= 0.3 is 0 Å². The van der Waals surface area contributed by atoms with Crippen LogP contribution in [-0.4, -0.2) is 40.2 Å². The fraction of sp³-hybridized carbons (Fsp3) is 0.316. The maximum absolute atomic E-state index is 11.6. The molecule has 0 radical (unpaired) electrons. The molecule has 1 aliphatic rings. The minimum atomic E-state index is -0.504. The molecule has 1 atom stereocenters. The summed E-state index contributed by atoms with van der Waals surface area (Å²) in [6.45, 7) is 5.20. The van der Waals surface area contributed by atoms with Crippen molar-refractivity contribution in [2.75, 3.05) is 18.5 Å². The minimum Gasteiger partial charge on any atom is -0.486 e. The Kier molecular flexibility index (Phi) is 4.41. The van der Waals surface area contributed by atoms with Gasteiger partial charge in [-0.1, -0.05) is 0 Å². The van der Waals surface area contributed by atoms with E-state index < -0.39 is 5.91 Å². The fourth-order valence-electron chi connectivity index (χ4n) is 3.18. The number of rotatable bonds is 5. The van der Waals surface area contributed by atoms with Gasteiger partial charge in [0.15, 0.2) is 0 Å². The van der Waals surface area contributed by atoms with Gasteiger partial charge in [-0.15, -0.1) is 0 Å². The summed E-state index contributed by atoms with van der Waals surface area (Å²) >= 11 is 0. The summed E-state index contributed by atoms with van der Waals surface area (Å²) in [5.74, 6) is 0.704. The van der Waals surface area contributed by atoms with Crippen LogP contribution in [0.5, 0.6) is 5.75 Å². The van der Waals surface area contributed by atoms with Crippen LogP contribution in [0, 0.1) is 13.8 Å². The number of H-pyrrole nitrogens is 1. The number of primary amides is 1. The Bertz CT molecular complexity index is 1010. The van der Waals surface area contributed by atoms with E-state index in [-0.39, 0.29) is 6.10 Å². The van der Waals surface area contributed by atoms with E-state index in [9.17, 15) is 4.79 Å². The summed E-state index contributed by atoms with van der Waals surface area (Å²) in [5, 5.41) is 4.24. The average Bonchev–Trinajstić information content (AvgIpc) is 3.25. The highest BCUT2D eigenvalue weighted by atomic mass is 16.5. The molecule has 3 aromatic rings. The molecule has 140 valence electrons. The van der Waals surface area contributed by atoms with Crippen molar-refractivity contribution in [3.63, 3.8) is 0 Å². The van der Waals surface area contributed by atoms with Gasteiger partial charge in [-0.25, -0.2) is 9.97 Å². The highest BCUT2D eigenvalue weighted by Gasteiger charge is 2.20. The lowest BCUT2D eigenvalue weighted by atomic mass is 10.1. The van der Waals surface area contributed by atoms with E-state index >= 15 is 0 Å². The fourth-order valence-corrected chi connectivity index (χ4v) is 3.18. The number of carbonyl (C=O) groups excluding carboxylic acids is 1. The van der Waals surface area contributed by atoms with Crippen LogP contribution in [-0.2, 0) is 4.74 Å². The number of nitrogens with one attached hydrogen (secondary N) is 2. The van der Waals surface area contributed by atoms with Gasteiger partial charge in [-0.3, -0.25) is 4.79 Å². The lowest BCUT2D eigenvalue weighted by Crippen LogP contribution is -2.18. The third-order valence-electron chi connectivity index (χ3n) is 4.79. The zero-order valence-electron chi connectivity index (χ0n) is 15.2. The smallest absolute Gasteiger partial charge is 0.248 e. The van der Waals surface area contributed by atoms with Gasteiger partial charge in [-0.2, -0.15) is 0 Å². The quantitative estimate of drug-likeness (QED) is 0.638. The van der Waals surface area contributed by atoms with Gasteiger partial charge in [0.1, 0.15) is 29.6 Å². The number of fused-ring (bicyclic) bond motifs is 1. The van der Waals surface area contributed by atoms with Crippen LogP contribution in [0.3, 0.4) is 0 Å². The van der Waals surface area contributed by atoms with E-state index in [1.165, 1.54) is 6.33 Å². The Morgan fingerprint density at radius 3 is 2.96 bits per heavy atom. The predicted molar refractivity (Wildman–Crippen MR) is 101 cm³/mol. The summed E-state index contributed by atoms with van der Waals surface area (Å²) in [6.07, 6.45) is 2.24. The topological polar surface area (TPSA) is 115 Å². The number of nitrogens with two attached hydrogens (primary N) is 1. The van der Waals surface area contributed by atoms with Gasteiger partial charge < -0.3 is 25.5 Å². The predicted octanol–water partition coefficient (Wildman–Crippen LogP) is 2.58. The Labute approximate surface area is 156 Å². The first-order chi connectivity index (χ1) is 13.0. The molecule has 0 aliphatic carbocycles. The normalized spacial score (nSPS) is 16.6. The zero-order valence-corrected chi connectivity index (χ0v) is 15.2. The molecule has 1 aliphatic heterocycles. The molecule has 2 aromatic heterocycles. The zero-order chi connectivity index (χ0) is 19.0. The van der Waals surface area contributed by atoms with Gasteiger partial charge in [0.2, 0.25) is 5.91 Å². The number of amides is 1. The van der Waals surface area contributed by atoms with Crippen LogP contribution in [0.1, 0.15) is 28.0 Å². The molecular formula is C19H21N5O3. The van der Waals surface area contributed by atoms with E-state index in [1.54, 1.807) is 18.2 Å². The van der Waals surface area contributed by atoms with Gasteiger partial charge in [-0.05, 0) is 37.6 Å². The molecule has 1 saturated heterocycles. The van der Waals surface area contributed by atoms with E-state index in [0.29, 0.717) is 36.0 Å². The first kappa shape index (κ1) is 17.3. The molecule has 4 rings (SSSR count). The summed E-state index contributed by atoms with van der Waals surface area (Å²) in [7, 11) is 0. The summed E-state index contributed by atoms with van der Waals surface area (Å²) in [5.41, 5.74) is 9.39. The van der Waals surface area contributed by atoms with E-state index in [4.69, 9.17) is 15.2 Å². The van der Waals surface area contributed by atoms with E-state index in [0.717, 1.165) is 28.7 Å². The van der Waals surface area contributed by atoms with Crippen molar-refractivity contribution in [1.82, 2.24) is 15.0 Å². The monoisotopic (exact) mass is 367 g/mol. The third-order valence-corrected chi connectivity index (χ3v) is 4.79. The first-order valence-corrected chi connectivity index (χ1v) is 8.78.